The quantitative estimate of drug-likeness (QED) is 0.832. The summed E-state index contributed by atoms with van der Waals surface area (Å²) >= 11 is 3.35. The van der Waals surface area contributed by atoms with Crippen molar-refractivity contribution in [3.8, 4) is 0 Å². The summed E-state index contributed by atoms with van der Waals surface area (Å²) in [5.74, 6) is -0.442. The van der Waals surface area contributed by atoms with Gasteiger partial charge in [0.1, 0.15) is 6.04 Å². The van der Waals surface area contributed by atoms with Gasteiger partial charge in [0.15, 0.2) is 0 Å². The molecule has 0 aromatic carbocycles. The zero-order valence-corrected chi connectivity index (χ0v) is 12.8. The number of nitrogens with zero attached hydrogens (tertiary/aromatic N) is 1. The summed E-state index contributed by atoms with van der Waals surface area (Å²) in [6, 6.07) is -0.730. The molecule has 1 aliphatic heterocycles. The van der Waals surface area contributed by atoms with Gasteiger partial charge in [0, 0.05) is 17.0 Å². The van der Waals surface area contributed by atoms with Crippen LogP contribution < -0.4 is 5.32 Å². The summed E-state index contributed by atoms with van der Waals surface area (Å²) in [5.41, 5.74) is 0. The molecule has 2 rings (SSSR count). The molecule has 0 aromatic rings. The first-order valence-corrected chi connectivity index (χ1v) is 8.82. The number of carbonyl (C=O) groups excluding carboxylic acids is 1. The molecule has 0 radical (unpaired) electrons. The number of amides is 2. The lowest BCUT2D eigenvalue weighted by atomic mass is 10.2. The van der Waals surface area contributed by atoms with Gasteiger partial charge in [-0.3, -0.25) is 4.90 Å². The first-order chi connectivity index (χ1) is 9.02. The number of urea groups is 1. The fraction of sp³-hybridized carbons (Fsp3) is 0.833. The zero-order chi connectivity index (χ0) is 14.0. The molecule has 19 heavy (non-hydrogen) atoms. The van der Waals surface area contributed by atoms with Crippen molar-refractivity contribution in [1.29, 1.82) is 0 Å². The SMILES string of the molecule is CSC1CCC(NC(=O)N2C(C)SCC2C(=O)O)C1. The average molecular weight is 304 g/mol. The Morgan fingerprint density at radius 2 is 2.16 bits per heavy atom. The molecule has 108 valence electrons. The fourth-order valence-corrected chi connectivity index (χ4v) is 4.64. The van der Waals surface area contributed by atoms with E-state index in [0.717, 1.165) is 19.3 Å². The van der Waals surface area contributed by atoms with Crippen molar-refractivity contribution in [3.63, 3.8) is 0 Å². The lowest BCUT2D eigenvalue weighted by Crippen LogP contribution is -2.51. The van der Waals surface area contributed by atoms with Gasteiger partial charge in [0.2, 0.25) is 0 Å². The van der Waals surface area contributed by atoms with Crippen molar-refractivity contribution in [2.45, 2.75) is 48.9 Å². The molecule has 0 aromatic heterocycles. The van der Waals surface area contributed by atoms with Crippen molar-refractivity contribution < 1.29 is 14.7 Å². The molecule has 5 nitrogen and oxygen atoms in total. The highest BCUT2D eigenvalue weighted by Crippen LogP contribution is 2.31. The number of carbonyl (C=O) groups is 2. The molecule has 4 unspecified atom stereocenters. The summed E-state index contributed by atoms with van der Waals surface area (Å²) in [7, 11) is 0. The predicted octanol–water partition coefficient (Wildman–Crippen LogP) is 1.83. The van der Waals surface area contributed by atoms with E-state index in [1.165, 1.54) is 16.7 Å². The Bertz CT molecular complexity index is 367. The summed E-state index contributed by atoms with van der Waals surface area (Å²) in [4.78, 5) is 24.9. The van der Waals surface area contributed by atoms with Gasteiger partial charge in [-0.05, 0) is 32.4 Å². The van der Waals surface area contributed by atoms with Gasteiger partial charge in [-0.2, -0.15) is 11.8 Å². The van der Waals surface area contributed by atoms with Crippen LogP contribution in [0, 0.1) is 0 Å². The number of hydrogen-bond acceptors (Lipinski definition) is 4. The maximum absolute atomic E-state index is 12.3. The molecule has 2 aliphatic rings. The van der Waals surface area contributed by atoms with E-state index in [1.807, 2.05) is 18.7 Å². The predicted molar refractivity (Wildman–Crippen MR) is 78.7 cm³/mol. The highest BCUT2D eigenvalue weighted by Gasteiger charge is 2.40. The van der Waals surface area contributed by atoms with Crippen LogP contribution in [0.15, 0.2) is 0 Å². The number of carboxylic acid groups (broad SMARTS) is 1. The molecular weight excluding hydrogens is 284 g/mol. The molecule has 2 fully saturated rings. The molecule has 0 bridgehead atoms. The largest absolute Gasteiger partial charge is 0.480 e. The number of thioether (sulfide) groups is 2. The van der Waals surface area contributed by atoms with Crippen molar-refractivity contribution in [2.75, 3.05) is 12.0 Å². The maximum Gasteiger partial charge on any atom is 0.327 e. The second-order valence-corrected chi connectivity index (χ2v) is 7.50. The van der Waals surface area contributed by atoms with Crippen molar-refractivity contribution in [1.82, 2.24) is 10.2 Å². The van der Waals surface area contributed by atoms with Gasteiger partial charge in [-0.15, -0.1) is 11.8 Å². The second-order valence-electron chi connectivity index (χ2n) is 5.01. The third-order valence-corrected chi connectivity index (χ3v) is 6.10. The van der Waals surface area contributed by atoms with E-state index >= 15 is 0 Å². The van der Waals surface area contributed by atoms with Crippen LogP contribution in [0.3, 0.4) is 0 Å². The van der Waals surface area contributed by atoms with Crippen molar-refractivity contribution in [2.24, 2.45) is 0 Å². The monoisotopic (exact) mass is 304 g/mol. The Balaban J connectivity index is 1.93. The number of hydrogen-bond donors (Lipinski definition) is 2. The first-order valence-electron chi connectivity index (χ1n) is 6.49. The van der Waals surface area contributed by atoms with Crippen LogP contribution in [0.25, 0.3) is 0 Å². The van der Waals surface area contributed by atoms with Gasteiger partial charge >= 0.3 is 12.0 Å². The van der Waals surface area contributed by atoms with Crippen LogP contribution in [0.2, 0.25) is 0 Å². The van der Waals surface area contributed by atoms with Crippen LogP contribution >= 0.6 is 23.5 Å². The van der Waals surface area contributed by atoms with Crippen LogP contribution in [-0.4, -0.2) is 56.7 Å². The van der Waals surface area contributed by atoms with Crippen molar-refractivity contribution >= 4 is 35.5 Å². The molecule has 7 heteroatoms. The number of rotatable bonds is 3. The van der Waals surface area contributed by atoms with Gasteiger partial charge in [-0.25, -0.2) is 9.59 Å². The summed E-state index contributed by atoms with van der Waals surface area (Å²) in [6.07, 6.45) is 5.19. The molecular formula is C12H20N2O3S2. The maximum atomic E-state index is 12.3. The van der Waals surface area contributed by atoms with Crippen molar-refractivity contribution in [3.05, 3.63) is 0 Å². The summed E-state index contributed by atoms with van der Waals surface area (Å²) < 4.78 is 0. The molecule has 1 saturated heterocycles. The first kappa shape index (κ1) is 14.8. The molecule has 1 saturated carbocycles. The lowest BCUT2D eigenvalue weighted by Gasteiger charge is -2.27. The molecule has 2 N–H and O–H groups in total. The van der Waals surface area contributed by atoms with Crippen LogP contribution in [0.1, 0.15) is 26.2 Å². The van der Waals surface area contributed by atoms with Gasteiger partial charge in [0.05, 0.1) is 5.37 Å². The number of aliphatic carboxylic acids is 1. The van der Waals surface area contributed by atoms with E-state index in [-0.39, 0.29) is 17.4 Å². The molecule has 1 heterocycles. The second kappa shape index (κ2) is 6.26. The molecule has 1 aliphatic carbocycles. The standard InChI is InChI=1S/C12H20N2O3S2/c1-7-14(10(6-19-7)11(15)16)12(17)13-8-3-4-9(5-8)18-2/h7-10H,3-6H2,1-2H3,(H,13,17)(H,15,16). The third kappa shape index (κ3) is 3.31. The average Bonchev–Trinajstić information content (AvgIpc) is 2.95. The van der Waals surface area contributed by atoms with E-state index in [4.69, 9.17) is 5.11 Å². The normalized spacial score (nSPS) is 34.5. The van der Waals surface area contributed by atoms with Gasteiger partial charge < -0.3 is 10.4 Å². The van der Waals surface area contributed by atoms with E-state index in [0.29, 0.717) is 11.0 Å². The summed E-state index contributed by atoms with van der Waals surface area (Å²) in [6.45, 7) is 1.88. The highest BCUT2D eigenvalue weighted by molar-refractivity contribution is 8.00. The Kier molecular flexibility index (Phi) is 4.89. The summed E-state index contributed by atoms with van der Waals surface area (Å²) in [5, 5.41) is 12.7. The van der Waals surface area contributed by atoms with Crippen LogP contribution in [0.5, 0.6) is 0 Å². The molecule has 2 amide bonds. The smallest absolute Gasteiger partial charge is 0.327 e. The van der Waals surface area contributed by atoms with Gasteiger partial charge in [-0.1, -0.05) is 0 Å². The molecule has 0 spiro atoms. The Morgan fingerprint density at radius 1 is 1.42 bits per heavy atom. The highest BCUT2D eigenvalue weighted by atomic mass is 32.2. The van der Waals surface area contributed by atoms with Crippen LogP contribution in [0.4, 0.5) is 4.79 Å². The third-order valence-electron chi connectivity index (χ3n) is 3.79. The van der Waals surface area contributed by atoms with E-state index in [9.17, 15) is 9.59 Å². The Hall–Kier alpha value is -0.560. The van der Waals surface area contributed by atoms with Gasteiger partial charge in [0.25, 0.3) is 0 Å². The Labute approximate surface area is 121 Å². The number of nitrogens with one attached hydrogen (secondary N) is 1. The van der Waals surface area contributed by atoms with E-state index < -0.39 is 12.0 Å². The van der Waals surface area contributed by atoms with E-state index in [2.05, 4.69) is 11.6 Å². The topological polar surface area (TPSA) is 69.6 Å². The molecule has 4 atom stereocenters. The minimum Gasteiger partial charge on any atom is -0.480 e. The van der Waals surface area contributed by atoms with E-state index in [1.54, 1.807) is 0 Å². The van der Waals surface area contributed by atoms with Crippen LogP contribution in [-0.2, 0) is 4.79 Å². The minimum absolute atomic E-state index is 0.0705. The Morgan fingerprint density at radius 3 is 2.74 bits per heavy atom. The fourth-order valence-electron chi connectivity index (χ4n) is 2.68. The number of carboxylic acids is 1. The lowest BCUT2D eigenvalue weighted by molar-refractivity contribution is -0.141. The minimum atomic E-state index is -0.916. The zero-order valence-electron chi connectivity index (χ0n) is 11.2.